The zero-order chi connectivity index (χ0) is 7.71. The molecule has 0 saturated carbocycles. The smallest absolute Gasteiger partial charge is 0.790 e. The van der Waals surface area contributed by atoms with Crippen LogP contribution in [-0.2, 0) is 13.4 Å². The molecule has 0 aromatic carbocycles. The van der Waals surface area contributed by atoms with Gasteiger partial charge in [0.15, 0.2) is 0 Å². The molecule has 0 rings (SSSR count). The molecule has 0 spiro atoms. The maximum absolute atomic E-state index is 9.32. The molecule has 0 heterocycles. The van der Waals surface area contributed by atoms with Crippen LogP contribution in [0.5, 0.6) is 0 Å². The van der Waals surface area contributed by atoms with Crippen LogP contribution in [0.25, 0.3) is 0 Å². The molecule has 152 valence electrons. The van der Waals surface area contributed by atoms with E-state index in [4.69, 9.17) is 0 Å². The average molecular weight is 482 g/mol. The molecular weight excluding hydrogens is 458 g/mol. The Morgan fingerprint density at radius 3 is 0.480 bits per heavy atom. The first kappa shape index (κ1) is 160. The van der Waals surface area contributed by atoms with Crippen LogP contribution in [0.3, 0.4) is 0 Å². The molecule has 25 heteroatoms. The van der Waals surface area contributed by atoms with Gasteiger partial charge in [-0.3, -0.25) is 0 Å². The molecule has 0 aromatic rings. The molecule has 24 N–H and O–H groups in total. The Kier molecular flexibility index (Phi) is 453. The molecule has 0 atom stereocenters. The molecule has 0 radical (unpaired) electrons. The van der Waals surface area contributed by atoms with E-state index in [0.717, 1.165) is 0 Å². The van der Waals surface area contributed by atoms with Gasteiger partial charge in [0.1, 0.15) is 0 Å². The average Bonchev–Trinajstić information content (AvgIpc) is 1.14. The van der Waals surface area contributed by atoms with Gasteiger partial charge in [0.2, 0.25) is 0 Å². The Hall–Kier alpha value is 3.78. The van der Waals surface area contributed by atoms with Crippen molar-refractivity contribution >= 4 is 15.6 Å². The summed E-state index contributed by atoms with van der Waals surface area (Å²) < 4.78 is 21.2. The second kappa shape index (κ2) is 70.8. The van der Waals surface area contributed by atoms with Gasteiger partial charge in [0.25, 0.3) is 0 Å². The number of hydrogen-bond donors (Lipinski definition) is 0. The number of phosphoric acid groups is 2. The van der Waals surface area contributed by atoms with Crippen molar-refractivity contribution in [2.75, 3.05) is 0 Å². The van der Waals surface area contributed by atoms with Gasteiger partial charge in [-0.15, -0.1) is 0 Å². The fourth-order valence-corrected chi connectivity index (χ4v) is 1.10. The van der Waals surface area contributed by atoms with Gasteiger partial charge in [-0.1, -0.05) is 0 Å². The van der Waals surface area contributed by atoms with Gasteiger partial charge in [-0.2, -0.15) is 0 Å². The standard InChI is InChI=1S/4Na.H4O7P2.12H2O/c;;;;1-8(2,3)7-9(4,5)6;;;;;;;;;;;;/h;;;;(H2,1,2,3)(H2,4,5,6);12*1H2/q4*+1;;;;;;;;;;;;;/p-4. The molecule has 0 fully saturated rings. The van der Waals surface area contributed by atoms with Crippen LogP contribution in [0, 0.1) is 0 Å². The third-order valence-electron chi connectivity index (χ3n) is 0.200. The minimum absolute atomic E-state index is 0. The van der Waals surface area contributed by atoms with Gasteiger partial charge in [-0.25, -0.2) is 0 Å². The first-order chi connectivity index (χ1) is 3.71. The van der Waals surface area contributed by atoms with Crippen molar-refractivity contribution in [2.24, 2.45) is 0 Å². The van der Waals surface area contributed by atoms with Crippen LogP contribution < -0.4 is 138 Å². The van der Waals surface area contributed by atoms with Gasteiger partial charge in [0, 0.05) is 0 Å². The summed E-state index contributed by atoms with van der Waals surface area (Å²) in [5.41, 5.74) is 0. The molecule has 0 aliphatic heterocycles. The first-order valence-electron chi connectivity index (χ1n) is 1.46. The van der Waals surface area contributed by atoms with Gasteiger partial charge < -0.3 is 98.7 Å². The van der Waals surface area contributed by atoms with E-state index in [-0.39, 0.29) is 184 Å². The van der Waals surface area contributed by atoms with Crippen LogP contribution in [0.15, 0.2) is 0 Å². The molecule has 19 nitrogen and oxygen atoms in total. The summed E-state index contributed by atoms with van der Waals surface area (Å²) in [5.74, 6) is 0. The molecule has 25 heavy (non-hydrogen) atoms. The van der Waals surface area contributed by atoms with E-state index < -0.39 is 15.6 Å². The van der Waals surface area contributed by atoms with E-state index in [2.05, 4.69) is 4.31 Å². The summed E-state index contributed by atoms with van der Waals surface area (Å²) in [7, 11) is -11.4. The van der Waals surface area contributed by atoms with Crippen molar-refractivity contribution < 1.29 is 217 Å². The maximum Gasteiger partial charge on any atom is 1.00 e. The van der Waals surface area contributed by atoms with E-state index in [0.29, 0.717) is 0 Å². The molecule has 0 unspecified atom stereocenters. The van der Waals surface area contributed by atoms with Crippen molar-refractivity contribution in [1.82, 2.24) is 0 Å². The minimum Gasteiger partial charge on any atom is -0.790 e. The van der Waals surface area contributed by atoms with E-state index >= 15 is 0 Å². The normalized spacial score (nSPS) is 4.96. The van der Waals surface area contributed by atoms with Crippen molar-refractivity contribution in [3.63, 3.8) is 0 Å². The van der Waals surface area contributed by atoms with Crippen molar-refractivity contribution in [1.29, 1.82) is 0 Å². The van der Waals surface area contributed by atoms with E-state index in [1.54, 1.807) is 0 Å². The van der Waals surface area contributed by atoms with Gasteiger partial charge in [-0.05, 0) is 0 Å². The van der Waals surface area contributed by atoms with Crippen LogP contribution in [-0.4, -0.2) is 65.7 Å². The second-order valence-electron chi connectivity index (χ2n) is 0.976. The number of hydrogen-bond acceptors (Lipinski definition) is 7. The monoisotopic (exact) mass is 482 g/mol. The summed E-state index contributed by atoms with van der Waals surface area (Å²) in [6, 6.07) is 0. The summed E-state index contributed by atoms with van der Waals surface area (Å²) in [4.78, 5) is 37.3. The Labute approximate surface area is 229 Å². The Bertz CT molecular complexity index is 166. The first-order valence-corrected chi connectivity index (χ1v) is 4.38. The predicted molar refractivity (Wildman–Crippen MR) is 59.7 cm³/mol. The summed E-state index contributed by atoms with van der Waals surface area (Å²) in [5, 5.41) is 0. The zero-order valence-electron chi connectivity index (χ0n) is 13.8. The third-order valence-corrected chi connectivity index (χ3v) is 1.80. The van der Waals surface area contributed by atoms with Crippen molar-refractivity contribution in [3.05, 3.63) is 0 Å². The minimum atomic E-state index is -5.68. The topological polar surface area (TPSA) is 514 Å². The molecule has 0 bridgehead atoms. The molecular formula is H24Na4O19P2. The SMILES string of the molecule is O.O.O.O.O.O.O.O.O.O.O.O.O=P([O-])([O-])OP(=O)([O-])[O-].[Na+].[Na+].[Na+].[Na+]. The van der Waals surface area contributed by atoms with Crippen LogP contribution in [0.2, 0.25) is 0 Å². The molecule has 0 aromatic heterocycles. The van der Waals surface area contributed by atoms with Crippen LogP contribution >= 0.6 is 15.6 Å². The summed E-state index contributed by atoms with van der Waals surface area (Å²) >= 11 is 0. The molecule has 0 saturated heterocycles. The van der Waals surface area contributed by atoms with E-state index in [9.17, 15) is 28.7 Å². The Morgan fingerprint density at radius 1 is 0.400 bits per heavy atom. The van der Waals surface area contributed by atoms with Gasteiger partial charge in [0.05, 0.1) is 15.6 Å². The van der Waals surface area contributed by atoms with E-state index in [1.165, 1.54) is 0 Å². The molecule has 0 aliphatic carbocycles. The van der Waals surface area contributed by atoms with Crippen LogP contribution in [0.4, 0.5) is 0 Å². The predicted octanol–water partition coefficient (Wildman–Crippen LogP) is -25.2. The fraction of sp³-hybridized carbons (Fsp3) is 0. The fourth-order valence-electron chi connectivity index (χ4n) is 0.122. The summed E-state index contributed by atoms with van der Waals surface area (Å²) in [6.45, 7) is 0. The van der Waals surface area contributed by atoms with Crippen molar-refractivity contribution in [2.45, 2.75) is 0 Å². The second-order valence-corrected chi connectivity index (χ2v) is 3.42. The quantitative estimate of drug-likeness (QED) is 0.270. The third kappa shape index (κ3) is 193. The maximum atomic E-state index is 9.32. The van der Waals surface area contributed by atoms with Gasteiger partial charge >= 0.3 is 118 Å². The summed E-state index contributed by atoms with van der Waals surface area (Å²) in [6.07, 6.45) is 0. The zero-order valence-corrected chi connectivity index (χ0v) is 23.5. The largest absolute Gasteiger partial charge is 1.00 e. The molecule has 0 aliphatic rings. The van der Waals surface area contributed by atoms with Crippen molar-refractivity contribution in [3.8, 4) is 0 Å². The molecule has 0 amide bonds. The van der Waals surface area contributed by atoms with Crippen LogP contribution in [0.1, 0.15) is 0 Å². The van der Waals surface area contributed by atoms with E-state index in [1.807, 2.05) is 0 Å². The Balaban J connectivity index is -0.00000000267. The number of rotatable bonds is 2. The Morgan fingerprint density at radius 2 is 0.480 bits per heavy atom.